The molecule has 0 spiro atoms. The maximum absolute atomic E-state index is 11.9. The van der Waals surface area contributed by atoms with E-state index in [2.05, 4.69) is 14.8 Å². The second-order valence-electron chi connectivity index (χ2n) is 6.07. The number of amides is 1. The molecule has 2 fully saturated rings. The number of piperazine rings is 1. The van der Waals surface area contributed by atoms with Crippen LogP contribution in [0, 0.1) is 6.92 Å². The van der Waals surface area contributed by atoms with Gasteiger partial charge in [0.05, 0.1) is 13.2 Å². The summed E-state index contributed by atoms with van der Waals surface area (Å²) < 4.78 is 10.3. The molecule has 8 heteroatoms. The summed E-state index contributed by atoms with van der Waals surface area (Å²) in [5, 5.41) is 0. The number of carbonyl (C=O) groups excluding carboxylic acids is 1. The van der Waals surface area contributed by atoms with E-state index in [1.807, 2.05) is 17.9 Å². The number of nitrogens with zero attached hydrogens (tertiary/aromatic N) is 5. The van der Waals surface area contributed by atoms with Gasteiger partial charge in [-0.15, -0.1) is 0 Å². The van der Waals surface area contributed by atoms with E-state index in [9.17, 15) is 4.79 Å². The van der Waals surface area contributed by atoms with Crippen LogP contribution < -0.4 is 9.80 Å². The summed E-state index contributed by atoms with van der Waals surface area (Å²) in [6.45, 7) is 8.14. The van der Waals surface area contributed by atoms with Gasteiger partial charge in [0.15, 0.2) is 0 Å². The van der Waals surface area contributed by atoms with Gasteiger partial charge >= 0.3 is 0 Å². The number of ether oxygens (including phenoxy) is 2. The SMILES string of the molecule is COCC(=O)N1CCN(c2nc(C)cc(N3CCOCC3)n2)CC1. The van der Waals surface area contributed by atoms with Crippen molar-refractivity contribution in [3.05, 3.63) is 11.8 Å². The van der Waals surface area contributed by atoms with Crippen LogP contribution in [-0.2, 0) is 14.3 Å². The minimum atomic E-state index is 0.0383. The van der Waals surface area contributed by atoms with Crippen LogP contribution in [0.1, 0.15) is 5.69 Å². The molecule has 1 aromatic rings. The van der Waals surface area contributed by atoms with Crippen molar-refractivity contribution in [1.29, 1.82) is 0 Å². The predicted octanol–water partition coefficient (Wildman–Crippen LogP) is -0.0834. The number of methoxy groups -OCH3 is 1. The van der Waals surface area contributed by atoms with Crippen molar-refractivity contribution < 1.29 is 14.3 Å². The standard InChI is InChI=1S/C16H25N5O3/c1-13-11-14(19-7-9-24-10-8-19)18-16(17-13)21-5-3-20(4-6-21)15(22)12-23-2/h11H,3-10,12H2,1-2H3. The molecule has 8 nitrogen and oxygen atoms in total. The number of aromatic nitrogens is 2. The molecule has 24 heavy (non-hydrogen) atoms. The summed E-state index contributed by atoms with van der Waals surface area (Å²) in [5.41, 5.74) is 0.958. The van der Waals surface area contributed by atoms with Crippen molar-refractivity contribution in [2.24, 2.45) is 0 Å². The zero-order valence-electron chi connectivity index (χ0n) is 14.4. The van der Waals surface area contributed by atoms with Crippen molar-refractivity contribution in [1.82, 2.24) is 14.9 Å². The van der Waals surface area contributed by atoms with Gasteiger partial charge in [-0.2, -0.15) is 4.98 Å². The molecular formula is C16H25N5O3. The summed E-state index contributed by atoms with van der Waals surface area (Å²) in [5.74, 6) is 1.74. The van der Waals surface area contributed by atoms with Gasteiger partial charge in [0.2, 0.25) is 11.9 Å². The maximum atomic E-state index is 11.9. The lowest BCUT2D eigenvalue weighted by Gasteiger charge is -2.35. The van der Waals surface area contributed by atoms with E-state index >= 15 is 0 Å². The molecule has 3 heterocycles. The van der Waals surface area contributed by atoms with E-state index in [4.69, 9.17) is 14.5 Å². The average Bonchev–Trinajstić information content (AvgIpc) is 2.62. The average molecular weight is 335 g/mol. The fourth-order valence-electron chi connectivity index (χ4n) is 3.00. The molecular weight excluding hydrogens is 310 g/mol. The van der Waals surface area contributed by atoms with Gasteiger partial charge in [-0.1, -0.05) is 0 Å². The van der Waals surface area contributed by atoms with Gasteiger partial charge in [-0.05, 0) is 6.92 Å². The summed E-state index contributed by atoms with van der Waals surface area (Å²) in [6.07, 6.45) is 0. The molecule has 0 aliphatic carbocycles. The lowest BCUT2D eigenvalue weighted by molar-refractivity contribution is -0.135. The fraction of sp³-hybridized carbons (Fsp3) is 0.688. The molecule has 132 valence electrons. The minimum absolute atomic E-state index is 0.0383. The predicted molar refractivity (Wildman–Crippen MR) is 90.5 cm³/mol. The highest BCUT2D eigenvalue weighted by molar-refractivity contribution is 5.77. The number of hydrogen-bond acceptors (Lipinski definition) is 7. The number of carbonyl (C=O) groups is 1. The van der Waals surface area contributed by atoms with Gasteiger partial charge < -0.3 is 24.2 Å². The Kier molecular flexibility index (Phi) is 5.47. The molecule has 1 amide bonds. The molecule has 0 bridgehead atoms. The van der Waals surface area contributed by atoms with Crippen LogP contribution in [0.2, 0.25) is 0 Å². The number of morpholine rings is 1. The zero-order chi connectivity index (χ0) is 16.9. The third-order valence-corrected chi connectivity index (χ3v) is 4.35. The first-order valence-corrected chi connectivity index (χ1v) is 8.37. The van der Waals surface area contributed by atoms with Crippen LogP contribution >= 0.6 is 0 Å². The Hall–Kier alpha value is -1.93. The quantitative estimate of drug-likeness (QED) is 0.762. The van der Waals surface area contributed by atoms with Gasteiger partial charge in [0, 0.05) is 58.1 Å². The highest BCUT2D eigenvalue weighted by Gasteiger charge is 2.23. The molecule has 0 atom stereocenters. The van der Waals surface area contributed by atoms with Crippen molar-refractivity contribution in [3.63, 3.8) is 0 Å². The molecule has 0 aromatic carbocycles. The van der Waals surface area contributed by atoms with Crippen LogP contribution in [0.3, 0.4) is 0 Å². The van der Waals surface area contributed by atoms with E-state index < -0.39 is 0 Å². The lowest BCUT2D eigenvalue weighted by atomic mass is 10.3. The maximum Gasteiger partial charge on any atom is 0.248 e. The van der Waals surface area contributed by atoms with E-state index in [0.717, 1.165) is 56.9 Å². The monoisotopic (exact) mass is 335 g/mol. The highest BCUT2D eigenvalue weighted by Crippen LogP contribution is 2.19. The molecule has 2 aliphatic heterocycles. The van der Waals surface area contributed by atoms with E-state index in [0.29, 0.717) is 13.1 Å². The number of hydrogen-bond donors (Lipinski definition) is 0. The third kappa shape index (κ3) is 3.93. The Morgan fingerprint density at radius 3 is 2.50 bits per heavy atom. The van der Waals surface area contributed by atoms with Crippen LogP contribution in [-0.4, -0.2) is 87.0 Å². The minimum Gasteiger partial charge on any atom is -0.378 e. The van der Waals surface area contributed by atoms with Crippen LogP contribution in [0.4, 0.5) is 11.8 Å². The normalized spacial score (nSPS) is 18.8. The molecule has 2 aliphatic rings. The van der Waals surface area contributed by atoms with Gasteiger partial charge in [0.25, 0.3) is 0 Å². The Labute approximate surface area is 142 Å². The van der Waals surface area contributed by atoms with Crippen molar-refractivity contribution in [3.8, 4) is 0 Å². The van der Waals surface area contributed by atoms with Gasteiger partial charge in [-0.3, -0.25) is 4.79 Å². The molecule has 1 aromatic heterocycles. The van der Waals surface area contributed by atoms with E-state index in [1.165, 1.54) is 0 Å². The first-order chi connectivity index (χ1) is 11.7. The molecule has 0 N–H and O–H groups in total. The second kappa shape index (κ2) is 7.76. The molecule has 2 saturated heterocycles. The van der Waals surface area contributed by atoms with Crippen LogP contribution in [0.15, 0.2) is 6.07 Å². The Morgan fingerprint density at radius 1 is 1.12 bits per heavy atom. The molecule has 0 saturated carbocycles. The van der Waals surface area contributed by atoms with Crippen LogP contribution in [0.25, 0.3) is 0 Å². The number of anilines is 2. The largest absolute Gasteiger partial charge is 0.378 e. The van der Waals surface area contributed by atoms with Gasteiger partial charge in [-0.25, -0.2) is 4.98 Å². The smallest absolute Gasteiger partial charge is 0.248 e. The van der Waals surface area contributed by atoms with Crippen molar-refractivity contribution >= 4 is 17.7 Å². The molecule has 0 radical (unpaired) electrons. The summed E-state index contributed by atoms with van der Waals surface area (Å²) in [6, 6.07) is 2.02. The first kappa shape index (κ1) is 16.9. The van der Waals surface area contributed by atoms with Gasteiger partial charge in [0.1, 0.15) is 12.4 Å². The molecule has 0 unspecified atom stereocenters. The Bertz CT molecular complexity index is 569. The van der Waals surface area contributed by atoms with Crippen molar-refractivity contribution in [2.75, 3.05) is 76.0 Å². The lowest BCUT2D eigenvalue weighted by Crippen LogP contribution is -2.50. The summed E-state index contributed by atoms with van der Waals surface area (Å²) >= 11 is 0. The second-order valence-corrected chi connectivity index (χ2v) is 6.07. The first-order valence-electron chi connectivity index (χ1n) is 8.37. The molecule has 3 rings (SSSR count). The van der Waals surface area contributed by atoms with Crippen LogP contribution in [0.5, 0.6) is 0 Å². The number of aryl methyl sites for hydroxylation is 1. The van der Waals surface area contributed by atoms with E-state index in [1.54, 1.807) is 7.11 Å². The Balaban J connectivity index is 1.67. The zero-order valence-corrected chi connectivity index (χ0v) is 14.4. The summed E-state index contributed by atoms with van der Waals surface area (Å²) in [7, 11) is 1.54. The summed E-state index contributed by atoms with van der Waals surface area (Å²) in [4.78, 5) is 27.4. The number of rotatable bonds is 4. The topological polar surface area (TPSA) is 71.0 Å². The highest BCUT2D eigenvalue weighted by atomic mass is 16.5. The van der Waals surface area contributed by atoms with E-state index in [-0.39, 0.29) is 12.5 Å². The Morgan fingerprint density at radius 2 is 1.83 bits per heavy atom. The third-order valence-electron chi connectivity index (χ3n) is 4.35. The fourth-order valence-corrected chi connectivity index (χ4v) is 3.00. The van der Waals surface area contributed by atoms with Crippen molar-refractivity contribution in [2.45, 2.75) is 6.92 Å².